The van der Waals surface area contributed by atoms with Gasteiger partial charge in [0.05, 0.1) is 13.7 Å². The summed E-state index contributed by atoms with van der Waals surface area (Å²) in [6.07, 6.45) is 3.83. The van der Waals surface area contributed by atoms with Crippen LogP contribution in [-0.4, -0.2) is 63.8 Å². The molecule has 6 heteroatoms. The predicted molar refractivity (Wildman–Crippen MR) is 103 cm³/mol. The summed E-state index contributed by atoms with van der Waals surface area (Å²) in [5.41, 5.74) is 0. The van der Waals surface area contributed by atoms with Crippen molar-refractivity contribution < 1.29 is 9.47 Å². The maximum absolute atomic E-state index is 5.95. The molecule has 1 aromatic carbocycles. The average Bonchev–Trinajstić information content (AvgIpc) is 3.15. The van der Waals surface area contributed by atoms with Crippen LogP contribution < -0.4 is 20.1 Å². The number of ether oxygens (including phenoxy) is 2. The standard InChI is InChI=1S/C19H32N4O2/c1-16(25-18-10-5-4-9-17(18)24-3)15-22-19(20-2)21-11-8-14-23-12-6-7-13-23/h4-5,9-10,16H,6-8,11-15H2,1-3H3,(H2,20,21,22). The van der Waals surface area contributed by atoms with E-state index in [-0.39, 0.29) is 6.10 Å². The van der Waals surface area contributed by atoms with Gasteiger partial charge in [0.2, 0.25) is 0 Å². The second-order valence-electron chi connectivity index (χ2n) is 6.36. The summed E-state index contributed by atoms with van der Waals surface area (Å²) in [4.78, 5) is 6.80. The summed E-state index contributed by atoms with van der Waals surface area (Å²) in [6.45, 7) is 7.30. The van der Waals surface area contributed by atoms with Crippen LogP contribution in [0.5, 0.6) is 11.5 Å². The molecule has 0 saturated carbocycles. The molecular formula is C19H32N4O2. The molecule has 1 aliphatic heterocycles. The fourth-order valence-corrected chi connectivity index (χ4v) is 2.95. The lowest BCUT2D eigenvalue weighted by atomic mass is 10.3. The molecule has 0 amide bonds. The Balaban J connectivity index is 1.65. The summed E-state index contributed by atoms with van der Waals surface area (Å²) >= 11 is 0. The lowest BCUT2D eigenvalue weighted by molar-refractivity contribution is 0.213. The quantitative estimate of drug-likeness (QED) is 0.407. The van der Waals surface area contributed by atoms with Crippen molar-refractivity contribution >= 4 is 5.96 Å². The van der Waals surface area contributed by atoms with Gasteiger partial charge in [-0.05, 0) is 58.0 Å². The van der Waals surface area contributed by atoms with Gasteiger partial charge >= 0.3 is 0 Å². The minimum absolute atomic E-state index is 0.000509. The van der Waals surface area contributed by atoms with E-state index >= 15 is 0 Å². The third kappa shape index (κ3) is 6.82. The zero-order chi connectivity index (χ0) is 17.9. The van der Waals surface area contributed by atoms with Crippen molar-refractivity contribution in [3.8, 4) is 11.5 Å². The minimum atomic E-state index is -0.000509. The number of aliphatic imine (C=N–C) groups is 1. The van der Waals surface area contributed by atoms with Gasteiger partial charge in [0.1, 0.15) is 6.10 Å². The molecule has 1 unspecified atom stereocenters. The largest absolute Gasteiger partial charge is 0.493 e. The van der Waals surface area contributed by atoms with Crippen molar-refractivity contribution in [2.24, 2.45) is 4.99 Å². The van der Waals surface area contributed by atoms with Gasteiger partial charge in [-0.15, -0.1) is 0 Å². The molecule has 6 nitrogen and oxygen atoms in total. The lowest BCUT2D eigenvalue weighted by Crippen LogP contribution is -2.42. The summed E-state index contributed by atoms with van der Waals surface area (Å²) in [6, 6.07) is 7.69. The van der Waals surface area contributed by atoms with Crippen LogP contribution in [0.1, 0.15) is 26.2 Å². The van der Waals surface area contributed by atoms with Crippen molar-refractivity contribution in [1.29, 1.82) is 0 Å². The van der Waals surface area contributed by atoms with Crippen molar-refractivity contribution in [3.05, 3.63) is 24.3 Å². The second-order valence-corrected chi connectivity index (χ2v) is 6.36. The molecule has 0 bridgehead atoms. The van der Waals surface area contributed by atoms with E-state index in [0.717, 1.165) is 37.0 Å². The van der Waals surface area contributed by atoms with Crippen LogP contribution >= 0.6 is 0 Å². The van der Waals surface area contributed by atoms with Crippen LogP contribution in [0.25, 0.3) is 0 Å². The highest BCUT2D eigenvalue weighted by Crippen LogP contribution is 2.26. The molecule has 0 aromatic heterocycles. The van der Waals surface area contributed by atoms with Gasteiger partial charge in [-0.3, -0.25) is 4.99 Å². The molecule has 1 aliphatic rings. The van der Waals surface area contributed by atoms with Crippen LogP contribution in [0, 0.1) is 0 Å². The average molecular weight is 348 g/mol. The molecule has 140 valence electrons. The first kappa shape index (κ1) is 19.4. The Labute approximate surface area is 151 Å². The van der Waals surface area contributed by atoms with E-state index in [0.29, 0.717) is 6.54 Å². The minimum Gasteiger partial charge on any atom is -0.493 e. The molecule has 2 rings (SSSR count). The zero-order valence-corrected chi connectivity index (χ0v) is 15.8. The SMILES string of the molecule is CN=C(NCCCN1CCCC1)NCC(C)Oc1ccccc1OC. The topological polar surface area (TPSA) is 58.1 Å². The number of hydrogen-bond donors (Lipinski definition) is 2. The van der Waals surface area contributed by atoms with E-state index in [1.165, 1.54) is 25.9 Å². The Bertz CT molecular complexity index is 530. The maximum atomic E-state index is 5.95. The number of nitrogens with one attached hydrogen (secondary N) is 2. The molecule has 1 saturated heterocycles. The Morgan fingerprint density at radius 1 is 1.20 bits per heavy atom. The van der Waals surface area contributed by atoms with Gasteiger partial charge < -0.3 is 25.0 Å². The van der Waals surface area contributed by atoms with Crippen LogP contribution in [0.2, 0.25) is 0 Å². The van der Waals surface area contributed by atoms with Gasteiger partial charge in [0.25, 0.3) is 0 Å². The molecule has 25 heavy (non-hydrogen) atoms. The molecular weight excluding hydrogens is 316 g/mol. The van der Waals surface area contributed by atoms with E-state index in [4.69, 9.17) is 9.47 Å². The summed E-state index contributed by atoms with van der Waals surface area (Å²) in [5, 5.41) is 6.68. The van der Waals surface area contributed by atoms with E-state index in [2.05, 4.69) is 20.5 Å². The van der Waals surface area contributed by atoms with Gasteiger partial charge in [0.15, 0.2) is 17.5 Å². The smallest absolute Gasteiger partial charge is 0.191 e. The highest BCUT2D eigenvalue weighted by Gasteiger charge is 2.11. The Morgan fingerprint density at radius 2 is 1.92 bits per heavy atom. The van der Waals surface area contributed by atoms with E-state index in [1.807, 2.05) is 31.2 Å². The van der Waals surface area contributed by atoms with Crippen molar-refractivity contribution in [3.63, 3.8) is 0 Å². The molecule has 1 heterocycles. The molecule has 1 atom stereocenters. The Morgan fingerprint density at radius 3 is 2.60 bits per heavy atom. The number of hydrogen-bond acceptors (Lipinski definition) is 4. The van der Waals surface area contributed by atoms with Crippen LogP contribution in [-0.2, 0) is 0 Å². The number of guanidine groups is 1. The highest BCUT2D eigenvalue weighted by molar-refractivity contribution is 5.79. The van der Waals surface area contributed by atoms with Crippen LogP contribution in [0.3, 0.4) is 0 Å². The van der Waals surface area contributed by atoms with E-state index < -0.39 is 0 Å². The van der Waals surface area contributed by atoms with Gasteiger partial charge in [-0.25, -0.2) is 0 Å². The first-order chi connectivity index (χ1) is 12.2. The zero-order valence-electron chi connectivity index (χ0n) is 15.8. The highest BCUT2D eigenvalue weighted by atomic mass is 16.5. The number of para-hydroxylation sites is 2. The maximum Gasteiger partial charge on any atom is 0.191 e. The molecule has 2 N–H and O–H groups in total. The molecule has 0 spiro atoms. The van der Waals surface area contributed by atoms with Gasteiger partial charge in [-0.2, -0.15) is 0 Å². The Kier molecular flexibility index (Phi) is 8.39. The second kappa shape index (κ2) is 10.8. The predicted octanol–water partition coefficient (Wildman–Crippen LogP) is 2.11. The summed E-state index contributed by atoms with van der Waals surface area (Å²) < 4.78 is 11.3. The molecule has 1 fully saturated rings. The fraction of sp³-hybridized carbons (Fsp3) is 0.632. The summed E-state index contributed by atoms with van der Waals surface area (Å²) in [7, 11) is 3.45. The summed E-state index contributed by atoms with van der Waals surface area (Å²) in [5.74, 6) is 2.32. The number of benzene rings is 1. The van der Waals surface area contributed by atoms with Crippen molar-refractivity contribution in [2.75, 3.05) is 46.9 Å². The number of rotatable bonds is 9. The third-order valence-corrected chi connectivity index (χ3v) is 4.32. The number of nitrogens with zero attached hydrogens (tertiary/aromatic N) is 2. The first-order valence-corrected chi connectivity index (χ1v) is 9.19. The fourth-order valence-electron chi connectivity index (χ4n) is 2.95. The van der Waals surface area contributed by atoms with Crippen LogP contribution in [0.4, 0.5) is 0 Å². The monoisotopic (exact) mass is 348 g/mol. The van der Waals surface area contributed by atoms with Crippen molar-refractivity contribution in [2.45, 2.75) is 32.3 Å². The van der Waals surface area contributed by atoms with Gasteiger partial charge in [0, 0.05) is 13.6 Å². The van der Waals surface area contributed by atoms with Gasteiger partial charge in [-0.1, -0.05) is 12.1 Å². The first-order valence-electron chi connectivity index (χ1n) is 9.19. The van der Waals surface area contributed by atoms with E-state index in [1.54, 1.807) is 14.2 Å². The lowest BCUT2D eigenvalue weighted by Gasteiger charge is -2.19. The number of methoxy groups -OCH3 is 1. The molecule has 0 radical (unpaired) electrons. The third-order valence-electron chi connectivity index (χ3n) is 4.32. The molecule has 1 aromatic rings. The van der Waals surface area contributed by atoms with Crippen molar-refractivity contribution in [1.82, 2.24) is 15.5 Å². The van der Waals surface area contributed by atoms with E-state index in [9.17, 15) is 0 Å². The molecule has 0 aliphatic carbocycles. The Hall–Kier alpha value is -1.95. The normalized spacial score (nSPS) is 16.5. The number of likely N-dealkylation sites (tertiary alicyclic amines) is 1. The van der Waals surface area contributed by atoms with Crippen LogP contribution in [0.15, 0.2) is 29.3 Å².